The number of allylic oxidation sites excluding steroid dienone is 1. The van der Waals surface area contributed by atoms with Gasteiger partial charge >= 0.3 is 5.97 Å². The zero-order chi connectivity index (χ0) is 27.5. The van der Waals surface area contributed by atoms with Gasteiger partial charge in [-0.15, -0.1) is 0 Å². The van der Waals surface area contributed by atoms with E-state index in [0.29, 0.717) is 32.8 Å². The Labute approximate surface area is 230 Å². The highest BCUT2D eigenvalue weighted by molar-refractivity contribution is 7.07. The first kappa shape index (κ1) is 26.4. The maximum Gasteiger partial charge on any atom is 0.338 e. The first-order valence-electron chi connectivity index (χ1n) is 12.9. The van der Waals surface area contributed by atoms with Gasteiger partial charge in [0.1, 0.15) is 17.5 Å². The van der Waals surface area contributed by atoms with E-state index < -0.39 is 12.0 Å². The number of thiazole rings is 1. The van der Waals surface area contributed by atoms with Gasteiger partial charge in [0, 0.05) is 5.56 Å². The van der Waals surface area contributed by atoms with Crippen molar-refractivity contribution in [3.8, 4) is 11.5 Å². The van der Waals surface area contributed by atoms with E-state index in [1.54, 1.807) is 25.7 Å². The van der Waals surface area contributed by atoms with Gasteiger partial charge in [-0.1, -0.05) is 67.1 Å². The number of carbonyl (C=O) groups is 1. The molecule has 0 saturated carbocycles. The maximum atomic E-state index is 14.1. The third kappa shape index (κ3) is 4.88. The van der Waals surface area contributed by atoms with Gasteiger partial charge in [0.15, 0.2) is 4.80 Å². The number of fused-ring (bicyclic) bond motifs is 2. The molecule has 0 amide bonds. The molecule has 3 aromatic carbocycles. The standard InChI is InChI=1S/C31H30N2O5S/c1-5-9-23-27(30(35)38-6-2)28(26-22-11-8-7-10-20(22)14-17-24(26)37-4)33-29(34)25(39-31(33)32-23)18-19-12-15-21(36-3)16-13-19/h7-8,10-18,28H,5-6,9H2,1-4H3/b25-18-/t28-/m0/s1. The van der Waals surface area contributed by atoms with Crippen LogP contribution in [0.25, 0.3) is 16.8 Å². The van der Waals surface area contributed by atoms with E-state index in [1.165, 1.54) is 11.3 Å². The monoisotopic (exact) mass is 542 g/mol. The minimum Gasteiger partial charge on any atom is -0.497 e. The molecule has 2 heterocycles. The molecule has 5 rings (SSSR count). The molecule has 0 unspecified atom stereocenters. The van der Waals surface area contributed by atoms with Crippen molar-refractivity contribution in [1.29, 1.82) is 0 Å². The highest BCUT2D eigenvalue weighted by Gasteiger charge is 2.37. The van der Waals surface area contributed by atoms with Crippen LogP contribution in [0.2, 0.25) is 0 Å². The van der Waals surface area contributed by atoms with Crippen molar-refractivity contribution >= 4 is 34.2 Å². The summed E-state index contributed by atoms with van der Waals surface area (Å²) in [4.78, 5) is 33.1. The molecular weight excluding hydrogens is 512 g/mol. The van der Waals surface area contributed by atoms with Gasteiger partial charge in [-0.2, -0.15) is 0 Å². The number of rotatable bonds is 8. The van der Waals surface area contributed by atoms with Crippen LogP contribution in [-0.4, -0.2) is 31.4 Å². The summed E-state index contributed by atoms with van der Waals surface area (Å²) in [6.45, 7) is 4.02. The predicted octanol–water partition coefficient (Wildman–Crippen LogP) is 4.75. The number of methoxy groups -OCH3 is 2. The van der Waals surface area contributed by atoms with E-state index in [9.17, 15) is 9.59 Å². The quantitative estimate of drug-likeness (QED) is 0.300. The molecule has 8 heteroatoms. The highest BCUT2D eigenvalue weighted by atomic mass is 32.1. The van der Waals surface area contributed by atoms with Gasteiger partial charge in [-0.25, -0.2) is 9.79 Å². The van der Waals surface area contributed by atoms with Crippen molar-refractivity contribution in [3.05, 3.63) is 103 Å². The summed E-state index contributed by atoms with van der Waals surface area (Å²) in [6.07, 6.45) is 3.19. The molecule has 1 aliphatic rings. The second kappa shape index (κ2) is 11.3. The van der Waals surface area contributed by atoms with Crippen LogP contribution in [0, 0.1) is 0 Å². The van der Waals surface area contributed by atoms with Crippen molar-refractivity contribution in [2.24, 2.45) is 4.99 Å². The summed E-state index contributed by atoms with van der Waals surface area (Å²) >= 11 is 1.31. The number of ether oxygens (including phenoxy) is 3. The summed E-state index contributed by atoms with van der Waals surface area (Å²) in [7, 11) is 3.21. The Hall–Kier alpha value is -4.17. The summed E-state index contributed by atoms with van der Waals surface area (Å²) in [5, 5.41) is 1.87. The van der Waals surface area contributed by atoms with Gasteiger partial charge in [0.2, 0.25) is 0 Å². The Morgan fingerprint density at radius 3 is 2.49 bits per heavy atom. The molecule has 0 fully saturated rings. The molecule has 0 spiro atoms. The van der Waals surface area contributed by atoms with Crippen LogP contribution in [0.3, 0.4) is 0 Å². The average Bonchev–Trinajstić information content (AvgIpc) is 3.26. The molecular formula is C31H30N2O5S. The molecule has 200 valence electrons. The second-order valence-electron chi connectivity index (χ2n) is 9.09. The van der Waals surface area contributed by atoms with Crippen LogP contribution < -0.4 is 24.4 Å². The number of esters is 1. The van der Waals surface area contributed by atoms with E-state index in [0.717, 1.165) is 34.1 Å². The van der Waals surface area contributed by atoms with Crippen LogP contribution >= 0.6 is 11.3 Å². The molecule has 0 radical (unpaired) electrons. The molecule has 39 heavy (non-hydrogen) atoms. The van der Waals surface area contributed by atoms with E-state index in [2.05, 4.69) is 0 Å². The van der Waals surface area contributed by atoms with E-state index >= 15 is 0 Å². The van der Waals surface area contributed by atoms with E-state index in [1.807, 2.05) is 73.7 Å². The maximum absolute atomic E-state index is 14.1. The lowest BCUT2D eigenvalue weighted by molar-refractivity contribution is -0.139. The minimum absolute atomic E-state index is 0.211. The van der Waals surface area contributed by atoms with Crippen LogP contribution in [0.4, 0.5) is 0 Å². The molecule has 0 bridgehead atoms. The molecule has 7 nitrogen and oxygen atoms in total. The molecule has 1 aromatic heterocycles. The zero-order valence-electron chi connectivity index (χ0n) is 22.4. The molecule has 1 aliphatic heterocycles. The SMILES string of the molecule is CCCC1=C(C(=O)OCC)[C@H](c2c(OC)ccc3ccccc23)n2c(s/c(=C\c3ccc(OC)cc3)c2=O)=N1. The fourth-order valence-corrected chi connectivity index (χ4v) is 6.00. The second-order valence-corrected chi connectivity index (χ2v) is 10.1. The average molecular weight is 543 g/mol. The van der Waals surface area contributed by atoms with Crippen LogP contribution in [-0.2, 0) is 9.53 Å². The normalized spacial score (nSPS) is 15.2. The van der Waals surface area contributed by atoms with Gasteiger partial charge in [-0.3, -0.25) is 9.36 Å². The Morgan fingerprint density at radius 2 is 1.79 bits per heavy atom. The Kier molecular flexibility index (Phi) is 7.65. The minimum atomic E-state index is -0.763. The van der Waals surface area contributed by atoms with Gasteiger partial charge in [-0.05, 0) is 54.0 Å². The third-order valence-corrected chi connectivity index (χ3v) is 7.71. The Balaban J connectivity index is 1.85. The van der Waals surface area contributed by atoms with Crippen molar-refractivity contribution in [2.75, 3.05) is 20.8 Å². The lowest BCUT2D eigenvalue weighted by Gasteiger charge is -2.28. The fraction of sp³-hybridized carbons (Fsp3) is 0.258. The van der Waals surface area contributed by atoms with Crippen molar-refractivity contribution < 1.29 is 19.0 Å². The molecule has 0 aliphatic carbocycles. The van der Waals surface area contributed by atoms with Crippen LogP contribution in [0.15, 0.2) is 81.7 Å². The first-order valence-corrected chi connectivity index (χ1v) is 13.7. The summed E-state index contributed by atoms with van der Waals surface area (Å²) < 4.78 is 18.8. The van der Waals surface area contributed by atoms with Crippen molar-refractivity contribution in [1.82, 2.24) is 4.57 Å². The first-order chi connectivity index (χ1) is 19.0. The van der Waals surface area contributed by atoms with Gasteiger partial charge in [0.05, 0.1) is 36.6 Å². The topological polar surface area (TPSA) is 79.1 Å². The smallest absolute Gasteiger partial charge is 0.338 e. The Bertz CT molecular complexity index is 1750. The van der Waals surface area contributed by atoms with E-state index in [-0.39, 0.29) is 12.2 Å². The summed E-state index contributed by atoms with van der Waals surface area (Å²) in [5.41, 5.74) is 2.37. The zero-order valence-corrected chi connectivity index (χ0v) is 23.2. The summed E-state index contributed by atoms with van der Waals surface area (Å²) in [6, 6.07) is 18.5. The molecule has 4 aromatic rings. The van der Waals surface area contributed by atoms with Gasteiger partial charge in [0.25, 0.3) is 5.56 Å². The molecule has 0 saturated heterocycles. The van der Waals surface area contributed by atoms with Crippen LogP contribution in [0.1, 0.15) is 43.9 Å². The number of aromatic nitrogens is 1. The fourth-order valence-electron chi connectivity index (χ4n) is 4.98. The van der Waals surface area contributed by atoms with E-state index in [4.69, 9.17) is 19.2 Å². The lowest BCUT2D eigenvalue weighted by Crippen LogP contribution is -2.40. The van der Waals surface area contributed by atoms with Gasteiger partial charge < -0.3 is 14.2 Å². The summed E-state index contributed by atoms with van der Waals surface area (Å²) in [5.74, 6) is 0.844. The Morgan fingerprint density at radius 1 is 1.03 bits per heavy atom. The van der Waals surface area contributed by atoms with Crippen molar-refractivity contribution in [2.45, 2.75) is 32.7 Å². The van der Waals surface area contributed by atoms with Crippen LogP contribution in [0.5, 0.6) is 11.5 Å². The largest absolute Gasteiger partial charge is 0.497 e. The molecule has 0 N–H and O–H groups in total. The van der Waals surface area contributed by atoms with Crippen molar-refractivity contribution in [3.63, 3.8) is 0 Å². The number of hydrogen-bond donors (Lipinski definition) is 0. The molecule has 1 atom stereocenters. The predicted molar refractivity (Wildman–Crippen MR) is 153 cm³/mol. The third-order valence-electron chi connectivity index (χ3n) is 6.73. The lowest BCUT2D eigenvalue weighted by atomic mass is 9.90. The number of benzene rings is 3. The highest BCUT2D eigenvalue weighted by Crippen LogP contribution is 2.41. The number of nitrogens with zero attached hydrogens (tertiary/aromatic N) is 2. The number of carbonyl (C=O) groups excluding carboxylic acids is 1. The number of hydrogen-bond acceptors (Lipinski definition) is 7.